The highest BCUT2D eigenvalue weighted by atomic mass is 31.2. The molecule has 0 spiro atoms. The molecule has 29 heavy (non-hydrogen) atoms. The fraction of sp³-hybridized carbons (Fsp3) is 0.312. The molecule has 0 aliphatic rings. The summed E-state index contributed by atoms with van der Waals surface area (Å²) in [5, 5.41) is 29.4. The van der Waals surface area contributed by atoms with Gasteiger partial charge in [0.15, 0.2) is 0 Å². The van der Waals surface area contributed by atoms with Crippen molar-refractivity contribution in [2.24, 2.45) is 0 Å². The summed E-state index contributed by atoms with van der Waals surface area (Å²) in [4.78, 5) is 26.3. The van der Waals surface area contributed by atoms with Crippen LogP contribution in [0.25, 0.3) is 0 Å². The van der Waals surface area contributed by atoms with E-state index in [1.54, 1.807) is 6.92 Å². The van der Waals surface area contributed by atoms with Crippen LogP contribution in [-0.4, -0.2) is 45.4 Å². The number of hydrogen-bond donors (Lipinski definition) is 2. The van der Waals surface area contributed by atoms with Crippen LogP contribution in [0.3, 0.4) is 0 Å². The Morgan fingerprint density at radius 2 is 1.79 bits per heavy atom. The number of ether oxygens (including phenoxy) is 1. The molecule has 2 rings (SSSR count). The van der Waals surface area contributed by atoms with Crippen molar-refractivity contribution >= 4 is 19.4 Å². The Hall–Kier alpha value is -3.24. The van der Waals surface area contributed by atoms with E-state index in [0.717, 1.165) is 12.1 Å². The summed E-state index contributed by atoms with van der Waals surface area (Å²) in [5.74, 6) is -0.875. The predicted octanol–water partition coefficient (Wildman–Crippen LogP) is 3.07. The molecule has 13 heteroatoms. The fourth-order valence-corrected chi connectivity index (χ4v) is 3.76. The van der Waals surface area contributed by atoms with Gasteiger partial charge in [0.25, 0.3) is 5.69 Å². The van der Waals surface area contributed by atoms with E-state index in [1.807, 2.05) is 0 Å². The van der Waals surface area contributed by atoms with E-state index >= 15 is 0 Å². The first-order valence-electron chi connectivity index (χ1n) is 8.36. The van der Waals surface area contributed by atoms with Gasteiger partial charge in [-0.15, -0.1) is 4.73 Å². The normalized spacial score (nSPS) is 12.7. The zero-order chi connectivity index (χ0) is 21.4. The maximum atomic E-state index is 12.8. The summed E-state index contributed by atoms with van der Waals surface area (Å²) in [7, 11) is -3.60. The van der Waals surface area contributed by atoms with Crippen molar-refractivity contribution in [2.75, 3.05) is 19.4 Å². The fourth-order valence-electron chi connectivity index (χ4n) is 2.13. The SMILES string of the molecule is CCOP(=O)(CCCOC(=O)On1c(O)ccc1O)Oc1ccc([N+](=O)[O-])cc1. The van der Waals surface area contributed by atoms with Crippen LogP contribution in [0.1, 0.15) is 13.3 Å². The summed E-state index contributed by atoms with van der Waals surface area (Å²) < 4.78 is 28.6. The maximum Gasteiger partial charge on any atom is 0.533 e. The van der Waals surface area contributed by atoms with Gasteiger partial charge in [-0.05, 0) is 25.5 Å². The van der Waals surface area contributed by atoms with Gasteiger partial charge >= 0.3 is 13.8 Å². The molecular weight excluding hydrogens is 411 g/mol. The lowest BCUT2D eigenvalue weighted by molar-refractivity contribution is -0.384. The van der Waals surface area contributed by atoms with Gasteiger partial charge in [0.05, 0.1) is 24.3 Å². The molecule has 2 aromatic rings. The number of nitro benzene ring substituents is 1. The lowest BCUT2D eigenvalue weighted by atomic mass is 10.3. The first-order chi connectivity index (χ1) is 13.7. The summed E-state index contributed by atoms with van der Waals surface area (Å²) in [6.45, 7) is 1.51. The minimum atomic E-state index is -3.60. The molecule has 1 unspecified atom stereocenters. The Kier molecular flexibility index (Phi) is 7.46. The van der Waals surface area contributed by atoms with Crippen molar-refractivity contribution in [1.29, 1.82) is 0 Å². The highest BCUT2D eigenvalue weighted by Gasteiger charge is 2.26. The van der Waals surface area contributed by atoms with Crippen LogP contribution in [0.15, 0.2) is 36.4 Å². The molecule has 0 saturated carbocycles. The highest BCUT2D eigenvalue weighted by molar-refractivity contribution is 7.54. The molecule has 1 aromatic heterocycles. The minimum Gasteiger partial charge on any atom is -0.492 e. The zero-order valence-corrected chi connectivity index (χ0v) is 16.2. The van der Waals surface area contributed by atoms with Crippen LogP contribution in [0.4, 0.5) is 10.5 Å². The van der Waals surface area contributed by atoms with E-state index in [1.165, 1.54) is 24.3 Å². The molecule has 1 aromatic carbocycles. The van der Waals surface area contributed by atoms with E-state index in [2.05, 4.69) is 4.84 Å². The number of aromatic hydroxyl groups is 2. The number of benzene rings is 1. The average molecular weight is 430 g/mol. The van der Waals surface area contributed by atoms with Crippen LogP contribution in [0.5, 0.6) is 17.5 Å². The maximum absolute atomic E-state index is 12.8. The highest BCUT2D eigenvalue weighted by Crippen LogP contribution is 2.48. The molecule has 2 N–H and O–H groups in total. The number of carbonyl (C=O) groups excluding carboxylic acids is 1. The Morgan fingerprint density at radius 1 is 1.17 bits per heavy atom. The van der Waals surface area contributed by atoms with Crippen LogP contribution in [0.2, 0.25) is 0 Å². The summed E-state index contributed by atoms with van der Waals surface area (Å²) >= 11 is 0. The second kappa shape index (κ2) is 9.80. The van der Waals surface area contributed by atoms with E-state index in [0.29, 0.717) is 4.73 Å². The van der Waals surface area contributed by atoms with E-state index < -0.39 is 30.4 Å². The van der Waals surface area contributed by atoms with Crippen molar-refractivity contribution in [3.05, 3.63) is 46.5 Å². The molecule has 158 valence electrons. The molecule has 0 radical (unpaired) electrons. The Morgan fingerprint density at radius 3 is 2.34 bits per heavy atom. The van der Waals surface area contributed by atoms with Gasteiger partial charge in [-0.2, -0.15) is 0 Å². The standard InChI is InChI=1S/C16H19N2O10P/c1-2-26-29(24,28-13-6-4-12(5-7-13)18(22)23)11-3-10-25-16(21)27-17-14(19)8-9-15(17)20/h4-9,19-20H,2-3,10-11H2,1H3. The number of non-ortho nitro benzene ring substituents is 1. The molecule has 0 bridgehead atoms. The number of nitro groups is 1. The molecule has 12 nitrogen and oxygen atoms in total. The third kappa shape index (κ3) is 6.40. The van der Waals surface area contributed by atoms with Gasteiger partial charge in [-0.25, -0.2) is 9.36 Å². The van der Waals surface area contributed by atoms with Crippen LogP contribution < -0.4 is 9.36 Å². The second-order valence-electron chi connectivity index (χ2n) is 5.48. The largest absolute Gasteiger partial charge is 0.533 e. The lowest BCUT2D eigenvalue weighted by Crippen LogP contribution is -2.21. The molecule has 0 amide bonds. The molecule has 1 heterocycles. The van der Waals surface area contributed by atoms with Crippen LogP contribution in [0, 0.1) is 10.1 Å². The number of aromatic nitrogens is 1. The zero-order valence-electron chi connectivity index (χ0n) is 15.3. The number of carbonyl (C=O) groups is 1. The van der Waals surface area contributed by atoms with Crippen LogP contribution in [-0.2, 0) is 13.8 Å². The molecule has 0 aliphatic heterocycles. The van der Waals surface area contributed by atoms with Gasteiger partial charge in [-0.1, -0.05) is 0 Å². The van der Waals surface area contributed by atoms with Gasteiger partial charge in [0.2, 0.25) is 11.8 Å². The summed E-state index contributed by atoms with van der Waals surface area (Å²) in [6, 6.07) is 7.22. The van der Waals surface area contributed by atoms with Crippen molar-refractivity contribution < 1.29 is 43.1 Å². The smallest absolute Gasteiger partial charge is 0.492 e. The summed E-state index contributed by atoms with van der Waals surface area (Å²) in [6.07, 6.45) is -1.22. The van der Waals surface area contributed by atoms with Gasteiger partial charge in [-0.3, -0.25) is 15.0 Å². The third-order valence-corrected chi connectivity index (χ3v) is 5.38. The van der Waals surface area contributed by atoms with Gasteiger partial charge in [0.1, 0.15) is 5.75 Å². The van der Waals surface area contributed by atoms with Crippen LogP contribution >= 0.6 is 7.60 Å². The first-order valence-corrected chi connectivity index (χ1v) is 10.1. The molecular formula is C16H19N2O10P. The Labute approximate surface area is 164 Å². The van der Waals surface area contributed by atoms with Crippen molar-refractivity contribution in [3.63, 3.8) is 0 Å². The van der Waals surface area contributed by atoms with Crippen molar-refractivity contribution in [1.82, 2.24) is 4.73 Å². The Bertz CT molecular complexity index is 876. The Balaban J connectivity index is 1.85. The quantitative estimate of drug-likeness (QED) is 0.188. The number of nitrogens with zero attached hydrogens (tertiary/aromatic N) is 2. The minimum absolute atomic E-state index is 0.0863. The predicted molar refractivity (Wildman–Crippen MR) is 98.1 cm³/mol. The van der Waals surface area contributed by atoms with Gasteiger partial charge < -0.3 is 24.0 Å². The molecule has 0 aliphatic carbocycles. The second-order valence-corrected chi connectivity index (χ2v) is 7.59. The lowest BCUT2D eigenvalue weighted by Gasteiger charge is -2.18. The van der Waals surface area contributed by atoms with Gasteiger partial charge in [0, 0.05) is 24.3 Å². The topological polar surface area (TPSA) is 160 Å². The van der Waals surface area contributed by atoms with E-state index in [4.69, 9.17) is 13.8 Å². The first kappa shape index (κ1) is 22.1. The molecule has 1 atom stereocenters. The number of rotatable bonds is 10. The molecule has 0 fully saturated rings. The van der Waals surface area contributed by atoms with Crippen molar-refractivity contribution in [3.8, 4) is 17.5 Å². The monoisotopic (exact) mass is 430 g/mol. The van der Waals surface area contributed by atoms with Crippen molar-refractivity contribution in [2.45, 2.75) is 13.3 Å². The van der Waals surface area contributed by atoms with E-state index in [-0.39, 0.29) is 37.2 Å². The number of hydrogen-bond acceptors (Lipinski definition) is 10. The summed E-state index contributed by atoms with van der Waals surface area (Å²) in [5.41, 5.74) is -0.143. The molecule has 0 saturated heterocycles. The average Bonchev–Trinajstić information content (AvgIpc) is 2.98. The third-order valence-electron chi connectivity index (χ3n) is 3.38. The van der Waals surface area contributed by atoms with E-state index in [9.17, 15) is 29.7 Å².